The molecule has 2 heterocycles. The van der Waals surface area contributed by atoms with Crippen molar-refractivity contribution in [2.45, 2.75) is 132 Å². The lowest BCUT2D eigenvalue weighted by Crippen LogP contribution is -2.57. The minimum atomic E-state index is -0.585. The number of carbonyl (C=O) groups is 2. The first-order chi connectivity index (χ1) is 24.9. The van der Waals surface area contributed by atoms with Gasteiger partial charge in [0, 0.05) is 23.7 Å². The minimum absolute atomic E-state index is 0.145. The summed E-state index contributed by atoms with van der Waals surface area (Å²) in [5.74, 6) is 0.542. The van der Waals surface area contributed by atoms with Crippen molar-refractivity contribution in [2.75, 3.05) is 39.6 Å². The maximum Gasteiger partial charge on any atom is 0.306 e. The van der Waals surface area contributed by atoms with Gasteiger partial charge in [-0.05, 0) is 84.7 Å². The second-order valence-electron chi connectivity index (χ2n) is 17.0. The van der Waals surface area contributed by atoms with Crippen LogP contribution in [0.15, 0.2) is 24.3 Å². The van der Waals surface area contributed by atoms with Gasteiger partial charge in [0.1, 0.15) is 24.7 Å². The standard InChI is InChI=1S/C43H64O10/c1-11-27(3)33-19-31(17-29(5)37(33)46)13-15-35(44)48-21-41(7,8)39-50-23-43(24-51-39)25-52-40(53-26-43)42(9,10)22-49-36(45)16-14-32-18-30(6)38(47)34(20-32)28(4)12-2/h17-20,27-28,39-40,46-47H,11-16,21-26H2,1-10H3. The van der Waals surface area contributed by atoms with E-state index in [-0.39, 0.29) is 49.8 Å². The highest BCUT2D eigenvalue weighted by Gasteiger charge is 2.48. The van der Waals surface area contributed by atoms with Gasteiger partial charge in [0.15, 0.2) is 12.6 Å². The molecule has 0 amide bonds. The van der Waals surface area contributed by atoms with Crippen LogP contribution >= 0.6 is 0 Å². The third kappa shape index (κ3) is 11.0. The van der Waals surface area contributed by atoms with Crippen LogP contribution < -0.4 is 0 Å². The number of benzene rings is 2. The summed E-state index contributed by atoms with van der Waals surface area (Å²) in [4.78, 5) is 25.5. The second kappa shape index (κ2) is 18.0. The number of aromatic hydroxyl groups is 2. The fourth-order valence-corrected chi connectivity index (χ4v) is 6.81. The van der Waals surface area contributed by atoms with Crippen molar-refractivity contribution in [1.82, 2.24) is 0 Å². The molecule has 2 saturated heterocycles. The Bertz CT molecular complexity index is 1430. The molecule has 10 nitrogen and oxygen atoms in total. The van der Waals surface area contributed by atoms with Crippen LogP contribution in [0, 0.1) is 30.1 Å². The minimum Gasteiger partial charge on any atom is -0.507 e. The molecule has 296 valence electrons. The molecular formula is C43H64O10. The van der Waals surface area contributed by atoms with E-state index in [4.69, 9.17) is 28.4 Å². The van der Waals surface area contributed by atoms with Crippen molar-refractivity contribution in [1.29, 1.82) is 0 Å². The van der Waals surface area contributed by atoms with Gasteiger partial charge in [0.2, 0.25) is 0 Å². The van der Waals surface area contributed by atoms with Crippen LogP contribution in [0.4, 0.5) is 0 Å². The van der Waals surface area contributed by atoms with Gasteiger partial charge in [0.25, 0.3) is 0 Å². The summed E-state index contributed by atoms with van der Waals surface area (Å²) in [6.07, 6.45) is 2.23. The third-order valence-electron chi connectivity index (χ3n) is 11.0. The first-order valence-electron chi connectivity index (χ1n) is 19.3. The predicted octanol–water partition coefficient (Wildman–Crippen LogP) is 8.18. The summed E-state index contributed by atoms with van der Waals surface area (Å²) in [6, 6.07) is 7.85. The lowest BCUT2D eigenvalue weighted by molar-refractivity contribution is -0.337. The molecule has 0 aromatic heterocycles. The molecule has 10 heteroatoms. The number of hydrogen-bond donors (Lipinski definition) is 2. The Kier molecular flexibility index (Phi) is 14.4. The Balaban J connectivity index is 1.18. The van der Waals surface area contributed by atoms with Crippen molar-refractivity contribution >= 4 is 11.9 Å². The number of phenolic OH excluding ortho intramolecular Hbond substituents is 2. The number of phenols is 2. The maximum absolute atomic E-state index is 12.7. The Hall–Kier alpha value is -3.18. The normalized spacial score (nSPS) is 22.0. The lowest BCUT2D eigenvalue weighted by Gasteiger charge is -2.48. The summed E-state index contributed by atoms with van der Waals surface area (Å²) in [5, 5.41) is 21.0. The Morgan fingerprint density at radius 1 is 0.698 bits per heavy atom. The summed E-state index contributed by atoms with van der Waals surface area (Å²) in [5.41, 5.74) is 3.83. The van der Waals surface area contributed by atoms with Gasteiger partial charge in [-0.2, -0.15) is 0 Å². The average molecular weight is 741 g/mol. The quantitative estimate of drug-likeness (QED) is 0.163. The summed E-state index contributed by atoms with van der Waals surface area (Å²) in [6.45, 7) is 21.7. The van der Waals surface area contributed by atoms with Gasteiger partial charge in [-0.3, -0.25) is 9.59 Å². The molecule has 2 atom stereocenters. The van der Waals surface area contributed by atoms with E-state index >= 15 is 0 Å². The van der Waals surface area contributed by atoms with Gasteiger partial charge in [-0.15, -0.1) is 0 Å². The molecule has 0 bridgehead atoms. The lowest BCUT2D eigenvalue weighted by atomic mass is 9.86. The predicted molar refractivity (Wildman–Crippen MR) is 203 cm³/mol. The molecular weight excluding hydrogens is 676 g/mol. The molecule has 2 aromatic rings. The maximum atomic E-state index is 12.7. The fourth-order valence-electron chi connectivity index (χ4n) is 6.81. The molecule has 0 aliphatic carbocycles. The van der Waals surface area contributed by atoms with Crippen LogP contribution in [0.25, 0.3) is 0 Å². The molecule has 53 heavy (non-hydrogen) atoms. The molecule has 2 N–H and O–H groups in total. The van der Waals surface area contributed by atoms with Crippen molar-refractivity contribution in [3.05, 3.63) is 57.6 Å². The zero-order valence-corrected chi connectivity index (χ0v) is 33.8. The fraction of sp³-hybridized carbons (Fsp3) is 0.674. The van der Waals surface area contributed by atoms with E-state index in [2.05, 4.69) is 27.7 Å². The van der Waals surface area contributed by atoms with Crippen LogP contribution in [-0.4, -0.2) is 74.4 Å². The van der Waals surface area contributed by atoms with E-state index < -0.39 is 28.8 Å². The summed E-state index contributed by atoms with van der Waals surface area (Å²) >= 11 is 0. The smallest absolute Gasteiger partial charge is 0.306 e. The SMILES string of the molecule is CCC(C)c1cc(CCC(=O)OCC(C)(C)C2OCC3(CO2)COC(C(C)(C)COC(=O)CCc2cc(C)c(O)c(C(C)CC)c2)OC3)cc(C)c1O. The largest absolute Gasteiger partial charge is 0.507 e. The zero-order chi connectivity index (χ0) is 39.1. The molecule has 1 spiro atoms. The average Bonchev–Trinajstić information content (AvgIpc) is 3.13. The van der Waals surface area contributed by atoms with Crippen molar-refractivity contribution in [3.63, 3.8) is 0 Å². The van der Waals surface area contributed by atoms with Crippen LogP contribution in [-0.2, 0) is 50.9 Å². The topological polar surface area (TPSA) is 130 Å². The van der Waals surface area contributed by atoms with Crippen LogP contribution in [0.1, 0.15) is 126 Å². The summed E-state index contributed by atoms with van der Waals surface area (Å²) in [7, 11) is 0. The molecule has 0 radical (unpaired) electrons. The van der Waals surface area contributed by atoms with E-state index in [0.717, 1.165) is 46.2 Å². The highest BCUT2D eigenvalue weighted by atomic mass is 16.7. The molecule has 0 saturated carbocycles. The van der Waals surface area contributed by atoms with Gasteiger partial charge in [-0.1, -0.05) is 79.7 Å². The zero-order valence-electron chi connectivity index (χ0n) is 33.8. The van der Waals surface area contributed by atoms with E-state index in [1.807, 2.05) is 65.8 Å². The van der Waals surface area contributed by atoms with E-state index in [1.165, 1.54) is 0 Å². The number of rotatable bonds is 16. The number of hydrogen-bond acceptors (Lipinski definition) is 10. The summed E-state index contributed by atoms with van der Waals surface area (Å²) < 4.78 is 36.1. The number of ether oxygens (including phenoxy) is 6. The van der Waals surface area contributed by atoms with Crippen LogP contribution in [0.5, 0.6) is 11.5 Å². The van der Waals surface area contributed by atoms with E-state index in [9.17, 15) is 19.8 Å². The Morgan fingerprint density at radius 2 is 1.04 bits per heavy atom. The molecule has 2 unspecified atom stereocenters. The first kappa shape index (κ1) is 42.6. The van der Waals surface area contributed by atoms with Crippen molar-refractivity contribution in [2.24, 2.45) is 16.2 Å². The first-order valence-corrected chi connectivity index (χ1v) is 19.3. The third-order valence-corrected chi connectivity index (χ3v) is 11.0. The van der Waals surface area contributed by atoms with Crippen LogP contribution in [0.2, 0.25) is 0 Å². The highest BCUT2D eigenvalue weighted by molar-refractivity contribution is 5.70. The Morgan fingerprint density at radius 3 is 1.36 bits per heavy atom. The molecule has 2 aliphatic rings. The molecule has 2 aromatic carbocycles. The molecule has 4 rings (SSSR count). The number of aryl methyl sites for hydroxylation is 4. The number of esters is 2. The van der Waals surface area contributed by atoms with E-state index in [0.29, 0.717) is 50.8 Å². The van der Waals surface area contributed by atoms with Crippen molar-refractivity contribution < 1.29 is 48.2 Å². The van der Waals surface area contributed by atoms with Gasteiger partial charge in [0.05, 0.1) is 31.8 Å². The van der Waals surface area contributed by atoms with Gasteiger partial charge in [-0.25, -0.2) is 0 Å². The monoisotopic (exact) mass is 740 g/mol. The molecule has 2 fully saturated rings. The highest BCUT2D eigenvalue weighted by Crippen LogP contribution is 2.39. The van der Waals surface area contributed by atoms with Crippen LogP contribution in [0.3, 0.4) is 0 Å². The molecule has 2 aliphatic heterocycles. The van der Waals surface area contributed by atoms with E-state index in [1.54, 1.807) is 0 Å². The van der Waals surface area contributed by atoms with Gasteiger partial charge >= 0.3 is 11.9 Å². The van der Waals surface area contributed by atoms with Gasteiger partial charge < -0.3 is 38.6 Å². The Labute approximate surface area is 316 Å². The second-order valence-corrected chi connectivity index (χ2v) is 17.0. The van der Waals surface area contributed by atoms with Crippen molar-refractivity contribution in [3.8, 4) is 11.5 Å². The number of carbonyl (C=O) groups excluding carboxylic acids is 2.